The van der Waals surface area contributed by atoms with Crippen LogP contribution in [0.25, 0.3) is 0 Å². The molecule has 0 radical (unpaired) electrons. The molecule has 94 valence electrons. The highest BCUT2D eigenvalue weighted by Crippen LogP contribution is 2.27. The molecule has 1 aliphatic heterocycles. The molecular weight excluding hydrogens is 217 g/mol. The third-order valence-electron chi connectivity index (χ3n) is 3.09. The maximum Gasteiger partial charge on any atom is 0.126 e. The molecule has 0 saturated carbocycles. The molecule has 3 heteroatoms. The molecule has 1 fully saturated rings. The van der Waals surface area contributed by atoms with Crippen molar-refractivity contribution in [1.29, 1.82) is 0 Å². The van der Waals surface area contributed by atoms with E-state index in [4.69, 9.17) is 4.74 Å². The average molecular weight is 237 g/mol. The van der Waals surface area contributed by atoms with Crippen molar-refractivity contribution in [2.45, 2.75) is 38.4 Å². The van der Waals surface area contributed by atoms with E-state index in [0.717, 1.165) is 18.7 Å². The lowest BCUT2D eigenvalue weighted by Gasteiger charge is -2.44. The maximum atomic E-state index is 13.6. The van der Waals surface area contributed by atoms with E-state index in [1.807, 2.05) is 19.1 Å². The second kappa shape index (κ2) is 4.39. The summed E-state index contributed by atoms with van der Waals surface area (Å²) in [5.41, 5.74) is 0.178. The van der Waals surface area contributed by atoms with Crippen LogP contribution in [0.1, 0.15) is 26.3 Å². The number of benzene rings is 1. The maximum absolute atomic E-state index is 13.6. The number of nitrogens with one attached hydrogen (secondary N) is 1. The largest absolute Gasteiger partial charge is 0.366 e. The zero-order chi connectivity index (χ0) is 12.5. The van der Waals surface area contributed by atoms with Gasteiger partial charge in [-0.15, -0.1) is 0 Å². The van der Waals surface area contributed by atoms with Crippen molar-refractivity contribution in [3.63, 3.8) is 0 Å². The van der Waals surface area contributed by atoms with Crippen molar-refractivity contribution in [3.05, 3.63) is 35.6 Å². The summed E-state index contributed by atoms with van der Waals surface area (Å²) < 4.78 is 19.7. The standard InChI is InChI=1S/C14H20FNO/c1-13(2)9-16-10-14(3,17-13)8-11-6-4-5-7-12(11)15/h4-7,16H,8-10H2,1-3H3. The number of hydrogen-bond acceptors (Lipinski definition) is 2. The summed E-state index contributed by atoms with van der Waals surface area (Å²) in [6.07, 6.45) is 0.593. The van der Waals surface area contributed by atoms with Crippen LogP contribution in [0.2, 0.25) is 0 Å². The van der Waals surface area contributed by atoms with Gasteiger partial charge in [0.15, 0.2) is 0 Å². The fourth-order valence-corrected chi connectivity index (χ4v) is 2.51. The van der Waals surface area contributed by atoms with E-state index in [0.29, 0.717) is 6.42 Å². The molecule has 1 aliphatic rings. The van der Waals surface area contributed by atoms with Crippen molar-refractivity contribution in [2.24, 2.45) is 0 Å². The van der Waals surface area contributed by atoms with Crippen molar-refractivity contribution in [2.75, 3.05) is 13.1 Å². The van der Waals surface area contributed by atoms with Crippen LogP contribution in [0.3, 0.4) is 0 Å². The second-order valence-corrected chi connectivity index (χ2v) is 5.68. The number of hydrogen-bond donors (Lipinski definition) is 1. The highest BCUT2D eigenvalue weighted by Gasteiger charge is 2.37. The third-order valence-corrected chi connectivity index (χ3v) is 3.09. The Hall–Kier alpha value is -0.930. The van der Waals surface area contributed by atoms with E-state index in [1.165, 1.54) is 6.07 Å². The molecule has 0 amide bonds. The predicted octanol–water partition coefficient (Wildman–Crippen LogP) is 2.53. The van der Waals surface area contributed by atoms with Gasteiger partial charge in [0, 0.05) is 19.5 Å². The van der Waals surface area contributed by atoms with Crippen LogP contribution in [0.15, 0.2) is 24.3 Å². The minimum atomic E-state index is -0.343. The highest BCUT2D eigenvalue weighted by atomic mass is 19.1. The predicted molar refractivity (Wildman–Crippen MR) is 66.5 cm³/mol. The molecule has 2 nitrogen and oxygen atoms in total. The lowest BCUT2D eigenvalue weighted by Crippen LogP contribution is -2.57. The second-order valence-electron chi connectivity index (χ2n) is 5.68. The molecule has 0 aromatic heterocycles. The quantitative estimate of drug-likeness (QED) is 0.853. The van der Waals surface area contributed by atoms with Gasteiger partial charge in [0.05, 0.1) is 11.2 Å². The Labute approximate surface area is 102 Å². The average Bonchev–Trinajstić information content (AvgIpc) is 2.19. The van der Waals surface area contributed by atoms with Gasteiger partial charge in [-0.3, -0.25) is 0 Å². The van der Waals surface area contributed by atoms with Crippen LogP contribution in [-0.2, 0) is 11.2 Å². The smallest absolute Gasteiger partial charge is 0.126 e. The van der Waals surface area contributed by atoms with Gasteiger partial charge in [-0.25, -0.2) is 4.39 Å². The van der Waals surface area contributed by atoms with Gasteiger partial charge >= 0.3 is 0 Å². The monoisotopic (exact) mass is 237 g/mol. The minimum absolute atomic E-state index is 0.152. The summed E-state index contributed by atoms with van der Waals surface area (Å²) in [7, 11) is 0. The fourth-order valence-electron chi connectivity index (χ4n) is 2.51. The number of rotatable bonds is 2. The van der Waals surface area contributed by atoms with Crippen molar-refractivity contribution < 1.29 is 9.13 Å². The first-order valence-electron chi connectivity index (χ1n) is 6.05. The van der Waals surface area contributed by atoms with Crippen molar-refractivity contribution >= 4 is 0 Å². The highest BCUT2D eigenvalue weighted by molar-refractivity contribution is 5.20. The summed E-state index contributed by atoms with van der Waals surface area (Å²) >= 11 is 0. The Bertz CT molecular complexity index is 405. The van der Waals surface area contributed by atoms with E-state index in [-0.39, 0.29) is 17.0 Å². The number of halogens is 1. The molecule has 1 atom stereocenters. The molecule has 1 aromatic carbocycles. The van der Waals surface area contributed by atoms with Gasteiger partial charge in [0.25, 0.3) is 0 Å². The topological polar surface area (TPSA) is 21.3 Å². The normalized spacial score (nSPS) is 28.0. The van der Waals surface area contributed by atoms with E-state index in [1.54, 1.807) is 6.07 Å². The van der Waals surface area contributed by atoms with Gasteiger partial charge < -0.3 is 10.1 Å². The Morgan fingerprint density at radius 1 is 1.24 bits per heavy atom. The zero-order valence-corrected chi connectivity index (χ0v) is 10.7. The van der Waals surface area contributed by atoms with Gasteiger partial charge in [-0.1, -0.05) is 18.2 Å². The van der Waals surface area contributed by atoms with Crippen LogP contribution >= 0.6 is 0 Å². The van der Waals surface area contributed by atoms with Gasteiger partial charge in [-0.2, -0.15) is 0 Å². The van der Waals surface area contributed by atoms with Crippen LogP contribution in [0.5, 0.6) is 0 Å². The van der Waals surface area contributed by atoms with Crippen LogP contribution in [-0.4, -0.2) is 24.3 Å². The van der Waals surface area contributed by atoms with Gasteiger partial charge in [0.1, 0.15) is 5.82 Å². The van der Waals surface area contributed by atoms with E-state index in [9.17, 15) is 4.39 Å². The lowest BCUT2D eigenvalue weighted by atomic mass is 9.92. The Balaban J connectivity index is 2.15. The molecular formula is C14H20FNO. The summed E-state index contributed by atoms with van der Waals surface area (Å²) in [5.74, 6) is -0.152. The van der Waals surface area contributed by atoms with E-state index >= 15 is 0 Å². The summed E-state index contributed by atoms with van der Waals surface area (Å²) in [5, 5.41) is 3.36. The van der Waals surface area contributed by atoms with Crippen molar-refractivity contribution in [3.8, 4) is 0 Å². The minimum Gasteiger partial charge on any atom is -0.366 e. The SMILES string of the molecule is CC1(C)CNCC(C)(Cc2ccccc2F)O1. The van der Waals surface area contributed by atoms with E-state index in [2.05, 4.69) is 19.2 Å². The Kier molecular flexibility index (Phi) is 3.23. The van der Waals surface area contributed by atoms with Crippen molar-refractivity contribution in [1.82, 2.24) is 5.32 Å². The molecule has 1 unspecified atom stereocenters. The first-order valence-corrected chi connectivity index (χ1v) is 6.05. The molecule has 1 aromatic rings. The summed E-state index contributed by atoms with van der Waals surface area (Å²) in [6, 6.07) is 6.90. The first-order chi connectivity index (χ1) is 7.90. The molecule has 2 rings (SSSR count). The fraction of sp³-hybridized carbons (Fsp3) is 0.571. The number of morpholine rings is 1. The van der Waals surface area contributed by atoms with Crippen LogP contribution < -0.4 is 5.32 Å². The summed E-state index contributed by atoms with van der Waals surface area (Å²) in [4.78, 5) is 0. The molecule has 0 bridgehead atoms. The lowest BCUT2D eigenvalue weighted by molar-refractivity contribution is -0.152. The molecule has 1 heterocycles. The van der Waals surface area contributed by atoms with E-state index < -0.39 is 0 Å². The third kappa shape index (κ3) is 3.05. The Morgan fingerprint density at radius 2 is 1.94 bits per heavy atom. The molecule has 17 heavy (non-hydrogen) atoms. The molecule has 1 saturated heterocycles. The zero-order valence-electron chi connectivity index (χ0n) is 10.7. The van der Waals surface area contributed by atoms with Gasteiger partial charge in [-0.05, 0) is 32.4 Å². The van der Waals surface area contributed by atoms with Gasteiger partial charge in [0.2, 0.25) is 0 Å². The summed E-state index contributed by atoms with van der Waals surface area (Å²) in [6.45, 7) is 7.73. The molecule has 0 aliphatic carbocycles. The van der Waals surface area contributed by atoms with Crippen LogP contribution in [0.4, 0.5) is 4.39 Å². The molecule has 0 spiro atoms. The van der Waals surface area contributed by atoms with Crippen LogP contribution in [0, 0.1) is 5.82 Å². The number of ether oxygens (including phenoxy) is 1. The first kappa shape index (κ1) is 12.5. The molecule has 1 N–H and O–H groups in total. The Morgan fingerprint density at radius 3 is 2.59 bits per heavy atom.